The molecule has 4 heteroatoms. The van der Waals surface area contributed by atoms with E-state index in [4.69, 9.17) is 23.2 Å². The van der Waals surface area contributed by atoms with E-state index in [0.717, 1.165) is 18.5 Å². The average Bonchev–Trinajstić information content (AvgIpc) is 2.25. The van der Waals surface area contributed by atoms with Gasteiger partial charge in [0.25, 0.3) is 0 Å². The van der Waals surface area contributed by atoms with Crippen molar-refractivity contribution in [2.45, 2.75) is 32.4 Å². The molecule has 0 amide bonds. The van der Waals surface area contributed by atoms with Gasteiger partial charge in [-0.15, -0.1) is 0 Å². The van der Waals surface area contributed by atoms with Crippen molar-refractivity contribution in [3.63, 3.8) is 0 Å². The largest absolute Gasteiger partial charge is 0.387 e. The van der Waals surface area contributed by atoms with E-state index in [-0.39, 0.29) is 6.04 Å². The predicted molar refractivity (Wildman–Crippen MR) is 69.2 cm³/mol. The summed E-state index contributed by atoms with van der Waals surface area (Å²) in [6, 6.07) is 5.18. The predicted octanol–water partition coefficient (Wildman–Crippen LogP) is 3.41. The zero-order chi connectivity index (χ0) is 12.1. The lowest BCUT2D eigenvalue weighted by atomic mass is 10.0. The lowest BCUT2D eigenvalue weighted by Gasteiger charge is -2.23. The molecule has 0 aliphatic heterocycles. The summed E-state index contributed by atoms with van der Waals surface area (Å²) < 4.78 is 0. The summed E-state index contributed by atoms with van der Waals surface area (Å²) in [5.74, 6) is 0. The Morgan fingerprint density at radius 1 is 1.31 bits per heavy atom. The summed E-state index contributed by atoms with van der Waals surface area (Å²) >= 11 is 11.9. The molecular weight excluding hydrogens is 245 g/mol. The molecule has 2 unspecified atom stereocenters. The zero-order valence-corrected chi connectivity index (χ0v) is 11.0. The molecule has 2 atom stereocenters. The number of rotatable bonds is 5. The van der Waals surface area contributed by atoms with Gasteiger partial charge in [-0.2, -0.15) is 0 Å². The lowest BCUT2D eigenvalue weighted by molar-refractivity contribution is 0.127. The average molecular weight is 262 g/mol. The van der Waals surface area contributed by atoms with Crippen LogP contribution in [-0.4, -0.2) is 17.7 Å². The van der Waals surface area contributed by atoms with Crippen molar-refractivity contribution in [2.24, 2.45) is 0 Å². The van der Waals surface area contributed by atoms with Gasteiger partial charge < -0.3 is 10.4 Å². The van der Waals surface area contributed by atoms with Crippen molar-refractivity contribution < 1.29 is 5.11 Å². The minimum Gasteiger partial charge on any atom is -0.387 e. The molecule has 2 nitrogen and oxygen atoms in total. The highest BCUT2D eigenvalue weighted by molar-refractivity contribution is 6.35. The summed E-state index contributed by atoms with van der Waals surface area (Å²) in [5, 5.41) is 14.5. The van der Waals surface area contributed by atoms with Gasteiger partial charge >= 0.3 is 0 Å². The van der Waals surface area contributed by atoms with Gasteiger partial charge in [-0.1, -0.05) is 43.1 Å². The summed E-state index contributed by atoms with van der Waals surface area (Å²) in [6.07, 6.45) is 0.239. The van der Waals surface area contributed by atoms with Crippen LogP contribution in [0.15, 0.2) is 18.2 Å². The van der Waals surface area contributed by atoms with Gasteiger partial charge in [0.1, 0.15) is 0 Å². The van der Waals surface area contributed by atoms with Crippen molar-refractivity contribution in [1.29, 1.82) is 0 Å². The van der Waals surface area contributed by atoms with E-state index < -0.39 is 6.10 Å². The monoisotopic (exact) mass is 261 g/mol. The molecule has 0 saturated carbocycles. The highest BCUT2D eigenvalue weighted by Crippen LogP contribution is 2.28. The molecule has 0 aromatic heterocycles. The topological polar surface area (TPSA) is 32.3 Å². The first kappa shape index (κ1) is 13.8. The molecule has 0 saturated heterocycles. The van der Waals surface area contributed by atoms with Gasteiger partial charge in [-0.05, 0) is 25.1 Å². The van der Waals surface area contributed by atoms with Crippen LogP contribution >= 0.6 is 23.2 Å². The first-order valence-corrected chi connectivity index (χ1v) is 6.22. The maximum Gasteiger partial charge on any atom is 0.0957 e. The quantitative estimate of drug-likeness (QED) is 0.852. The highest BCUT2D eigenvalue weighted by atomic mass is 35.5. The number of likely N-dealkylation sites (N-methyl/N-ethyl adjacent to an activating group) is 1. The van der Waals surface area contributed by atoms with Crippen LogP contribution in [0.1, 0.15) is 31.9 Å². The molecule has 1 aromatic carbocycles. The van der Waals surface area contributed by atoms with Crippen molar-refractivity contribution in [3.8, 4) is 0 Å². The molecule has 1 aromatic rings. The molecule has 0 aliphatic carbocycles. The molecule has 0 aliphatic rings. The Labute approximate surface area is 107 Å². The summed E-state index contributed by atoms with van der Waals surface area (Å²) in [7, 11) is 0. The second kappa shape index (κ2) is 6.45. The fourth-order valence-corrected chi connectivity index (χ4v) is 2.22. The maximum absolute atomic E-state index is 10.2. The van der Waals surface area contributed by atoms with Gasteiger partial charge in [0, 0.05) is 21.7 Å². The van der Waals surface area contributed by atoms with Gasteiger partial charge in [0.05, 0.1) is 6.10 Å². The fourth-order valence-electron chi connectivity index (χ4n) is 1.70. The standard InChI is InChI=1S/C12H17Cl2NO/c1-3-11(15-4-2)12(16)9-6-5-8(13)7-10(9)14/h5-7,11-12,15-16H,3-4H2,1-2H3. The number of aliphatic hydroxyl groups is 1. The van der Waals surface area contributed by atoms with Gasteiger partial charge in [-0.3, -0.25) is 0 Å². The Morgan fingerprint density at radius 2 is 2.00 bits per heavy atom. The number of benzene rings is 1. The molecule has 0 heterocycles. The third-order valence-corrected chi connectivity index (χ3v) is 3.13. The minimum absolute atomic E-state index is 0.0173. The van der Waals surface area contributed by atoms with E-state index in [1.54, 1.807) is 18.2 Å². The van der Waals surface area contributed by atoms with Crippen LogP contribution in [0.25, 0.3) is 0 Å². The summed E-state index contributed by atoms with van der Waals surface area (Å²) in [4.78, 5) is 0. The molecular formula is C12H17Cl2NO. The van der Waals surface area contributed by atoms with Crippen LogP contribution in [0, 0.1) is 0 Å². The summed E-state index contributed by atoms with van der Waals surface area (Å²) in [6.45, 7) is 4.86. The van der Waals surface area contributed by atoms with E-state index in [0.29, 0.717) is 10.0 Å². The second-order valence-electron chi connectivity index (χ2n) is 3.68. The first-order valence-electron chi connectivity index (χ1n) is 5.46. The minimum atomic E-state index is -0.602. The van der Waals surface area contributed by atoms with Gasteiger partial charge in [0.15, 0.2) is 0 Å². The van der Waals surface area contributed by atoms with Crippen molar-refractivity contribution in [3.05, 3.63) is 33.8 Å². The first-order chi connectivity index (χ1) is 7.60. The number of hydrogen-bond acceptors (Lipinski definition) is 2. The molecule has 90 valence electrons. The Bertz CT molecular complexity index is 344. The molecule has 0 fully saturated rings. The van der Waals surface area contributed by atoms with Crippen molar-refractivity contribution >= 4 is 23.2 Å². The Kier molecular flexibility index (Phi) is 5.56. The van der Waals surface area contributed by atoms with E-state index in [1.165, 1.54) is 0 Å². The van der Waals surface area contributed by atoms with Gasteiger partial charge in [-0.25, -0.2) is 0 Å². The third-order valence-electron chi connectivity index (χ3n) is 2.57. The van der Waals surface area contributed by atoms with E-state index in [2.05, 4.69) is 5.32 Å². The van der Waals surface area contributed by atoms with E-state index >= 15 is 0 Å². The van der Waals surface area contributed by atoms with E-state index in [1.807, 2.05) is 13.8 Å². The van der Waals surface area contributed by atoms with Gasteiger partial charge in [0.2, 0.25) is 0 Å². The highest BCUT2D eigenvalue weighted by Gasteiger charge is 2.20. The van der Waals surface area contributed by atoms with Crippen LogP contribution in [-0.2, 0) is 0 Å². The molecule has 16 heavy (non-hydrogen) atoms. The Balaban J connectivity index is 2.89. The van der Waals surface area contributed by atoms with Crippen LogP contribution in [0.4, 0.5) is 0 Å². The lowest BCUT2D eigenvalue weighted by Crippen LogP contribution is -2.34. The molecule has 0 spiro atoms. The smallest absolute Gasteiger partial charge is 0.0957 e. The SMILES string of the molecule is CCNC(CC)C(O)c1ccc(Cl)cc1Cl. The molecule has 1 rings (SSSR count). The molecule has 2 N–H and O–H groups in total. The number of hydrogen-bond donors (Lipinski definition) is 2. The number of nitrogens with one attached hydrogen (secondary N) is 1. The normalized spacial score (nSPS) is 14.8. The molecule has 0 bridgehead atoms. The van der Waals surface area contributed by atoms with Crippen LogP contribution < -0.4 is 5.32 Å². The number of halogens is 2. The van der Waals surface area contributed by atoms with Crippen molar-refractivity contribution in [2.75, 3.05) is 6.54 Å². The van der Waals surface area contributed by atoms with Crippen LogP contribution in [0.3, 0.4) is 0 Å². The summed E-state index contributed by atoms with van der Waals surface area (Å²) in [5.41, 5.74) is 0.721. The van der Waals surface area contributed by atoms with E-state index in [9.17, 15) is 5.11 Å². The Hall–Kier alpha value is -0.280. The third kappa shape index (κ3) is 3.36. The fraction of sp³-hybridized carbons (Fsp3) is 0.500. The number of aliphatic hydroxyl groups excluding tert-OH is 1. The molecule has 0 radical (unpaired) electrons. The second-order valence-corrected chi connectivity index (χ2v) is 4.53. The van der Waals surface area contributed by atoms with Crippen LogP contribution in [0.2, 0.25) is 10.0 Å². The van der Waals surface area contributed by atoms with Crippen LogP contribution in [0.5, 0.6) is 0 Å². The van der Waals surface area contributed by atoms with Crippen molar-refractivity contribution in [1.82, 2.24) is 5.32 Å². The maximum atomic E-state index is 10.2. The Morgan fingerprint density at radius 3 is 2.50 bits per heavy atom. The zero-order valence-electron chi connectivity index (χ0n) is 9.50.